The number of alkyl halides is 3. The van der Waals surface area contributed by atoms with Crippen molar-refractivity contribution in [2.24, 2.45) is 0 Å². The van der Waals surface area contributed by atoms with Crippen LogP contribution in [-0.4, -0.2) is 26.2 Å². The Morgan fingerprint density at radius 1 is 1.22 bits per heavy atom. The largest absolute Gasteiger partial charge is 0.468 e. The standard InChI is InChI=1S/C13H10ClF3N2O3S/c14-9-2-1-3-11(6-9)23(20,21)19-10-4-5-12(18-7-10)22-8-13(15,16)17/h1-7,19H,8H2. The first-order valence-electron chi connectivity index (χ1n) is 6.10. The number of rotatable bonds is 5. The van der Waals surface area contributed by atoms with Gasteiger partial charge in [-0.1, -0.05) is 17.7 Å². The van der Waals surface area contributed by atoms with E-state index in [0.717, 1.165) is 12.3 Å². The molecule has 0 aliphatic heterocycles. The summed E-state index contributed by atoms with van der Waals surface area (Å²) in [4.78, 5) is 3.55. The van der Waals surface area contributed by atoms with E-state index in [4.69, 9.17) is 11.6 Å². The molecule has 5 nitrogen and oxygen atoms in total. The summed E-state index contributed by atoms with van der Waals surface area (Å²) in [6.07, 6.45) is -3.43. The predicted molar refractivity (Wildman–Crippen MR) is 78.0 cm³/mol. The van der Waals surface area contributed by atoms with Gasteiger partial charge in [0, 0.05) is 11.1 Å². The average molecular weight is 367 g/mol. The minimum absolute atomic E-state index is 0.0533. The van der Waals surface area contributed by atoms with Gasteiger partial charge in [-0.2, -0.15) is 13.2 Å². The van der Waals surface area contributed by atoms with E-state index in [1.807, 2.05) is 0 Å². The van der Waals surface area contributed by atoms with Crippen LogP contribution in [0.25, 0.3) is 0 Å². The minimum atomic E-state index is -4.48. The molecule has 10 heteroatoms. The van der Waals surface area contributed by atoms with Gasteiger partial charge in [0.15, 0.2) is 6.61 Å². The number of sulfonamides is 1. The lowest BCUT2D eigenvalue weighted by Crippen LogP contribution is -2.19. The molecule has 1 heterocycles. The fraction of sp³-hybridized carbons (Fsp3) is 0.154. The monoisotopic (exact) mass is 366 g/mol. The number of halogens is 4. The molecule has 0 saturated heterocycles. The van der Waals surface area contributed by atoms with Crippen LogP contribution in [0.5, 0.6) is 5.88 Å². The summed E-state index contributed by atoms with van der Waals surface area (Å²) in [6.45, 7) is -1.48. The van der Waals surface area contributed by atoms with Gasteiger partial charge in [0.25, 0.3) is 10.0 Å². The van der Waals surface area contributed by atoms with Crippen LogP contribution >= 0.6 is 11.6 Å². The van der Waals surface area contributed by atoms with E-state index in [0.29, 0.717) is 0 Å². The summed E-state index contributed by atoms with van der Waals surface area (Å²) in [5.41, 5.74) is 0.0735. The number of hydrogen-bond donors (Lipinski definition) is 1. The van der Waals surface area contributed by atoms with Crippen LogP contribution in [0, 0.1) is 0 Å². The fourth-order valence-electron chi connectivity index (χ4n) is 1.53. The maximum atomic E-state index is 12.1. The zero-order valence-electron chi connectivity index (χ0n) is 11.3. The first-order chi connectivity index (χ1) is 10.7. The molecular weight excluding hydrogens is 357 g/mol. The van der Waals surface area contributed by atoms with Gasteiger partial charge in [-0.25, -0.2) is 13.4 Å². The lowest BCUT2D eigenvalue weighted by atomic mass is 10.4. The molecule has 124 valence electrons. The van der Waals surface area contributed by atoms with E-state index < -0.39 is 22.8 Å². The average Bonchev–Trinajstić information content (AvgIpc) is 2.45. The highest BCUT2D eigenvalue weighted by Crippen LogP contribution is 2.21. The second-order valence-electron chi connectivity index (χ2n) is 4.35. The lowest BCUT2D eigenvalue weighted by Gasteiger charge is -2.10. The molecule has 0 amide bonds. The highest BCUT2D eigenvalue weighted by atomic mass is 35.5. The maximum Gasteiger partial charge on any atom is 0.422 e. The molecule has 2 rings (SSSR count). The van der Waals surface area contributed by atoms with Gasteiger partial charge in [0.1, 0.15) is 0 Å². The molecule has 0 atom stereocenters. The highest BCUT2D eigenvalue weighted by Gasteiger charge is 2.28. The van der Waals surface area contributed by atoms with Crippen molar-refractivity contribution in [1.82, 2.24) is 4.98 Å². The van der Waals surface area contributed by atoms with E-state index in [1.54, 1.807) is 0 Å². The number of ether oxygens (including phenoxy) is 1. The highest BCUT2D eigenvalue weighted by molar-refractivity contribution is 7.92. The van der Waals surface area contributed by atoms with Crippen LogP contribution in [0.4, 0.5) is 18.9 Å². The van der Waals surface area contributed by atoms with Crippen molar-refractivity contribution in [3.63, 3.8) is 0 Å². The van der Waals surface area contributed by atoms with E-state index in [9.17, 15) is 21.6 Å². The van der Waals surface area contributed by atoms with Crippen molar-refractivity contribution in [2.45, 2.75) is 11.1 Å². The molecule has 0 saturated carbocycles. The van der Waals surface area contributed by atoms with Crippen molar-refractivity contribution in [1.29, 1.82) is 0 Å². The van der Waals surface area contributed by atoms with Crippen LogP contribution in [0.1, 0.15) is 0 Å². The Hall–Kier alpha value is -2.00. The van der Waals surface area contributed by atoms with Gasteiger partial charge in [0.2, 0.25) is 5.88 Å². The quantitative estimate of drug-likeness (QED) is 0.879. The molecule has 1 N–H and O–H groups in total. The SMILES string of the molecule is O=S(=O)(Nc1ccc(OCC(F)(F)F)nc1)c1cccc(Cl)c1. The fourth-order valence-corrected chi connectivity index (χ4v) is 2.87. The van der Waals surface area contributed by atoms with Crippen molar-refractivity contribution < 1.29 is 26.3 Å². The van der Waals surface area contributed by atoms with Gasteiger partial charge in [0.05, 0.1) is 16.8 Å². The summed E-state index contributed by atoms with van der Waals surface area (Å²) in [6, 6.07) is 7.97. The Balaban J connectivity index is 2.08. The van der Waals surface area contributed by atoms with Crippen LogP contribution in [-0.2, 0) is 10.0 Å². The Labute approximate surface area is 135 Å². The smallest absolute Gasteiger partial charge is 0.422 e. The first kappa shape index (κ1) is 17.4. The van der Waals surface area contributed by atoms with E-state index >= 15 is 0 Å². The Bertz CT molecular complexity index is 780. The van der Waals surface area contributed by atoms with Gasteiger partial charge < -0.3 is 4.74 Å². The number of pyridine rings is 1. The van der Waals surface area contributed by atoms with E-state index in [2.05, 4.69) is 14.4 Å². The Morgan fingerprint density at radius 2 is 1.96 bits per heavy atom. The third-order valence-corrected chi connectivity index (χ3v) is 4.09. The van der Waals surface area contributed by atoms with E-state index in [-0.39, 0.29) is 21.5 Å². The first-order valence-corrected chi connectivity index (χ1v) is 7.96. The zero-order valence-corrected chi connectivity index (χ0v) is 12.9. The summed E-state index contributed by atoms with van der Waals surface area (Å²) >= 11 is 5.73. The molecule has 1 aromatic heterocycles. The summed E-state index contributed by atoms with van der Waals surface area (Å²) in [7, 11) is -3.88. The molecule has 23 heavy (non-hydrogen) atoms. The molecule has 2 aromatic rings. The van der Waals surface area contributed by atoms with Gasteiger partial charge in [-0.15, -0.1) is 0 Å². The van der Waals surface area contributed by atoms with Crippen LogP contribution in [0.15, 0.2) is 47.5 Å². The zero-order chi connectivity index (χ0) is 17.1. The van der Waals surface area contributed by atoms with Crippen molar-refractivity contribution in [2.75, 3.05) is 11.3 Å². The maximum absolute atomic E-state index is 12.1. The van der Waals surface area contributed by atoms with Crippen molar-refractivity contribution in [3.8, 4) is 5.88 Å². The van der Waals surface area contributed by atoms with Crippen molar-refractivity contribution >= 4 is 27.3 Å². The number of benzene rings is 1. The second-order valence-corrected chi connectivity index (χ2v) is 6.47. The van der Waals surface area contributed by atoms with Gasteiger partial charge in [-0.05, 0) is 24.3 Å². The molecule has 0 bridgehead atoms. The lowest BCUT2D eigenvalue weighted by molar-refractivity contribution is -0.154. The molecule has 0 aliphatic rings. The topological polar surface area (TPSA) is 68.3 Å². The molecule has 0 unspecified atom stereocenters. The van der Waals surface area contributed by atoms with Crippen LogP contribution in [0.2, 0.25) is 5.02 Å². The van der Waals surface area contributed by atoms with Crippen LogP contribution < -0.4 is 9.46 Å². The van der Waals surface area contributed by atoms with E-state index in [1.165, 1.54) is 30.3 Å². The number of aromatic nitrogens is 1. The molecular formula is C13H10ClF3N2O3S. The molecule has 0 aliphatic carbocycles. The number of hydrogen-bond acceptors (Lipinski definition) is 4. The third-order valence-electron chi connectivity index (χ3n) is 2.48. The summed E-state index contributed by atoms with van der Waals surface area (Å²) < 4.78 is 66.9. The normalized spacial score (nSPS) is 12.0. The minimum Gasteiger partial charge on any atom is -0.468 e. The summed E-state index contributed by atoms with van der Waals surface area (Å²) in [5, 5.41) is 0.252. The Morgan fingerprint density at radius 3 is 2.52 bits per heavy atom. The molecule has 0 fully saturated rings. The second kappa shape index (κ2) is 6.63. The number of anilines is 1. The van der Waals surface area contributed by atoms with Gasteiger partial charge >= 0.3 is 6.18 Å². The van der Waals surface area contributed by atoms with Gasteiger partial charge in [-0.3, -0.25) is 4.72 Å². The molecule has 1 aromatic carbocycles. The van der Waals surface area contributed by atoms with Crippen LogP contribution in [0.3, 0.4) is 0 Å². The Kier molecular flexibility index (Phi) is 5.00. The molecule has 0 radical (unpaired) electrons. The van der Waals surface area contributed by atoms with Crippen molar-refractivity contribution in [3.05, 3.63) is 47.6 Å². The molecule has 0 spiro atoms. The predicted octanol–water partition coefficient (Wildman–Crippen LogP) is 3.48. The summed E-state index contributed by atoms with van der Waals surface area (Å²) in [5.74, 6) is -0.270. The number of nitrogens with one attached hydrogen (secondary N) is 1. The third kappa shape index (κ3) is 5.29. The number of nitrogens with zero attached hydrogens (tertiary/aromatic N) is 1.